The number of carbonyl (C=O) groups excluding carboxylic acids is 1. The normalized spacial score (nSPS) is 16.6. The number of sulfone groups is 1. The number of halogens is 3. The van der Waals surface area contributed by atoms with Gasteiger partial charge in [-0.05, 0) is 73.0 Å². The van der Waals surface area contributed by atoms with E-state index in [1.807, 2.05) is 17.7 Å². The SMILES string of the molecule is CNC(=O)C1(S(=O)(=O)c2ccc(Oc3ccc(OC(F)(F)F)cc3)cc2)CCN(CC=CSC)CC1. The lowest BCUT2D eigenvalue weighted by Gasteiger charge is -2.39. The van der Waals surface area contributed by atoms with Gasteiger partial charge in [-0.1, -0.05) is 6.08 Å². The molecule has 0 aromatic heterocycles. The summed E-state index contributed by atoms with van der Waals surface area (Å²) >= 11 is 1.58. The Labute approximate surface area is 212 Å². The summed E-state index contributed by atoms with van der Waals surface area (Å²) in [5, 5.41) is 4.49. The number of piperidine rings is 1. The maximum Gasteiger partial charge on any atom is 0.573 e. The van der Waals surface area contributed by atoms with E-state index < -0.39 is 26.9 Å². The van der Waals surface area contributed by atoms with Crippen LogP contribution in [0.5, 0.6) is 17.2 Å². The van der Waals surface area contributed by atoms with Crippen LogP contribution in [0, 0.1) is 0 Å². The third-order valence-electron chi connectivity index (χ3n) is 5.84. The van der Waals surface area contributed by atoms with Crippen LogP contribution in [0.2, 0.25) is 0 Å². The minimum absolute atomic E-state index is 0.0110. The van der Waals surface area contributed by atoms with E-state index in [9.17, 15) is 26.4 Å². The molecule has 1 amide bonds. The van der Waals surface area contributed by atoms with Crippen molar-refractivity contribution in [2.75, 3.05) is 32.9 Å². The van der Waals surface area contributed by atoms with Crippen LogP contribution in [0.1, 0.15) is 12.8 Å². The molecular weight excluding hydrogens is 517 g/mol. The highest BCUT2D eigenvalue weighted by Gasteiger charge is 2.52. The Hall–Kier alpha value is -2.70. The van der Waals surface area contributed by atoms with Crippen molar-refractivity contribution in [1.82, 2.24) is 10.2 Å². The summed E-state index contributed by atoms with van der Waals surface area (Å²) in [7, 11) is -2.61. The number of carbonyl (C=O) groups is 1. The number of likely N-dealkylation sites (tertiary alicyclic amines) is 1. The van der Waals surface area contributed by atoms with Gasteiger partial charge in [0.25, 0.3) is 0 Å². The molecule has 1 N–H and O–H groups in total. The molecule has 0 saturated carbocycles. The minimum atomic E-state index is -4.79. The second-order valence-electron chi connectivity index (χ2n) is 8.08. The van der Waals surface area contributed by atoms with Crippen molar-refractivity contribution < 1.29 is 35.9 Å². The van der Waals surface area contributed by atoms with Crippen LogP contribution < -0.4 is 14.8 Å². The van der Waals surface area contributed by atoms with Gasteiger partial charge >= 0.3 is 6.36 Å². The monoisotopic (exact) mass is 544 g/mol. The fourth-order valence-electron chi connectivity index (χ4n) is 3.99. The van der Waals surface area contributed by atoms with Crippen molar-refractivity contribution in [2.45, 2.75) is 28.8 Å². The fraction of sp³-hybridized carbons (Fsp3) is 0.375. The highest BCUT2D eigenvalue weighted by molar-refractivity contribution is 8.01. The molecular formula is C24H27F3N2O5S2. The Morgan fingerprint density at radius 3 is 2.08 bits per heavy atom. The average Bonchev–Trinajstić information content (AvgIpc) is 2.85. The van der Waals surface area contributed by atoms with E-state index in [4.69, 9.17) is 4.74 Å². The molecule has 1 saturated heterocycles. The van der Waals surface area contributed by atoms with Crippen LogP contribution in [0.25, 0.3) is 0 Å². The molecule has 7 nitrogen and oxygen atoms in total. The van der Waals surface area contributed by atoms with Gasteiger partial charge in [-0.15, -0.1) is 24.9 Å². The first-order valence-corrected chi connectivity index (χ1v) is 13.8. The number of benzene rings is 2. The molecule has 196 valence electrons. The fourth-order valence-corrected chi connectivity index (χ4v) is 6.28. The number of nitrogens with one attached hydrogen (secondary N) is 1. The van der Waals surface area contributed by atoms with E-state index in [2.05, 4.69) is 15.0 Å². The first-order valence-electron chi connectivity index (χ1n) is 11.0. The van der Waals surface area contributed by atoms with Crippen LogP contribution >= 0.6 is 11.8 Å². The van der Waals surface area contributed by atoms with E-state index in [0.29, 0.717) is 19.6 Å². The maximum atomic E-state index is 13.7. The predicted octanol–water partition coefficient (Wildman–Crippen LogP) is 4.61. The van der Waals surface area contributed by atoms with Gasteiger partial charge < -0.3 is 14.8 Å². The molecule has 2 aromatic carbocycles. The quantitative estimate of drug-likeness (QED) is 0.494. The number of nitrogens with zero attached hydrogens (tertiary/aromatic N) is 1. The van der Waals surface area contributed by atoms with E-state index in [-0.39, 0.29) is 35.0 Å². The van der Waals surface area contributed by atoms with E-state index in [1.165, 1.54) is 43.4 Å². The lowest BCUT2D eigenvalue weighted by molar-refractivity contribution is -0.274. The summed E-state index contributed by atoms with van der Waals surface area (Å²) in [5.74, 6) is -0.405. The number of ether oxygens (including phenoxy) is 2. The number of alkyl halides is 3. The maximum absolute atomic E-state index is 13.7. The zero-order valence-electron chi connectivity index (χ0n) is 19.7. The van der Waals surface area contributed by atoms with Crippen LogP contribution in [-0.2, 0) is 14.6 Å². The van der Waals surface area contributed by atoms with Gasteiger partial charge in [-0.2, -0.15) is 0 Å². The molecule has 3 rings (SSSR count). The van der Waals surface area contributed by atoms with Gasteiger partial charge in [0.2, 0.25) is 5.91 Å². The average molecular weight is 545 g/mol. The zero-order chi connectivity index (χ0) is 26.4. The number of hydrogen-bond donors (Lipinski definition) is 1. The van der Waals surface area contributed by atoms with Crippen molar-refractivity contribution in [1.29, 1.82) is 0 Å². The molecule has 2 aromatic rings. The van der Waals surface area contributed by atoms with E-state index in [1.54, 1.807) is 11.8 Å². The van der Waals surface area contributed by atoms with E-state index in [0.717, 1.165) is 12.1 Å². The molecule has 1 heterocycles. The van der Waals surface area contributed by atoms with Crippen molar-refractivity contribution in [3.8, 4) is 17.2 Å². The number of thioether (sulfide) groups is 1. The Bertz CT molecular complexity index is 1160. The van der Waals surface area contributed by atoms with Gasteiger partial charge in [-0.3, -0.25) is 9.69 Å². The Morgan fingerprint density at radius 2 is 1.58 bits per heavy atom. The molecule has 0 bridgehead atoms. The summed E-state index contributed by atoms with van der Waals surface area (Å²) in [6.07, 6.45) is -0.520. The third kappa shape index (κ3) is 6.54. The Kier molecular flexibility index (Phi) is 8.96. The molecule has 0 spiro atoms. The minimum Gasteiger partial charge on any atom is -0.457 e. The third-order valence-corrected chi connectivity index (χ3v) is 8.82. The molecule has 12 heteroatoms. The first kappa shape index (κ1) is 27.9. The Morgan fingerprint density at radius 1 is 1.06 bits per heavy atom. The molecule has 1 fully saturated rings. The summed E-state index contributed by atoms with van der Waals surface area (Å²) < 4.78 is 72.1. The second kappa shape index (κ2) is 11.6. The number of rotatable bonds is 9. The molecule has 0 unspecified atom stereocenters. The van der Waals surface area contributed by atoms with Crippen molar-refractivity contribution in [3.63, 3.8) is 0 Å². The van der Waals surface area contributed by atoms with Crippen LogP contribution in [0.4, 0.5) is 13.2 Å². The molecule has 0 aliphatic carbocycles. The van der Waals surface area contributed by atoms with Gasteiger partial charge in [0, 0.05) is 26.7 Å². The lowest BCUT2D eigenvalue weighted by atomic mass is 9.94. The van der Waals surface area contributed by atoms with Crippen molar-refractivity contribution >= 4 is 27.5 Å². The molecule has 0 atom stereocenters. The lowest BCUT2D eigenvalue weighted by Crippen LogP contribution is -2.57. The predicted molar refractivity (Wildman–Crippen MR) is 132 cm³/mol. The number of hydrogen-bond acceptors (Lipinski definition) is 7. The summed E-state index contributed by atoms with van der Waals surface area (Å²) in [6.45, 7) is 1.60. The molecule has 1 aliphatic rings. The van der Waals surface area contributed by atoms with E-state index >= 15 is 0 Å². The van der Waals surface area contributed by atoms with Crippen LogP contribution in [-0.4, -0.2) is 63.3 Å². The smallest absolute Gasteiger partial charge is 0.457 e. The molecule has 1 aliphatic heterocycles. The number of amides is 1. The largest absolute Gasteiger partial charge is 0.573 e. The van der Waals surface area contributed by atoms with Crippen LogP contribution in [0.3, 0.4) is 0 Å². The standard InChI is InChI=1S/C24H27F3N2O5S2/c1-28-22(30)23(12-15-29(16-13-23)14-3-17-35-2)36(31,32)21-10-8-19(9-11-21)33-18-4-6-20(7-5-18)34-24(25,26)27/h3-11,17H,12-16H2,1-2H3,(H,28,30). The Balaban J connectivity index is 1.75. The van der Waals surface area contributed by atoms with Crippen LogP contribution in [0.15, 0.2) is 64.9 Å². The van der Waals surface area contributed by atoms with Crippen molar-refractivity contribution in [2.24, 2.45) is 0 Å². The summed E-state index contributed by atoms with van der Waals surface area (Å²) in [6, 6.07) is 10.4. The first-order chi connectivity index (χ1) is 17.0. The zero-order valence-corrected chi connectivity index (χ0v) is 21.4. The van der Waals surface area contributed by atoms with Gasteiger partial charge in [-0.25, -0.2) is 8.42 Å². The van der Waals surface area contributed by atoms with Gasteiger partial charge in [0.05, 0.1) is 4.90 Å². The highest BCUT2D eigenvalue weighted by Crippen LogP contribution is 2.37. The van der Waals surface area contributed by atoms with Crippen molar-refractivity contribution in [3.05, 3.63) is 60.0 Å². The topological polar surface area (TPSA) is 84.9 Å². The highest BCUT2D eigenvalue weighted by atomic mass is 32.2. The summed E-state index contributed by atoms with van der Waals surface area (Å²) in [4.78, 5) is 15.0. The molecule has 36 heavy (non-hydrogen) atoms. The summed E-state index contributed by atoms with van der Waals surface area (Å²) in [5.41, 5.74) is 0. The van der Waals surface area contributed by atoms with Gasteiger partial charge in [0.1, 0.15) is 17.2 Å². The van der Waals surface area contributed by atoms with Gasteiger partial charge in [0.15, 0.2) is 14.6 Å². The molecule has 0 radical (unpaired) electrons. The second-order valence-corrected chi connectivity index (χ2v) is 11.1.